The van der Waals surface area contributed by atoms with Gasteiger partial charge < -0.3 is 5.84 Å². The number of aromatic nitrogens is 1. The molecule has 0 saturated heterocycles. The number of nitrogens with two attached hydrogens (primary N) is 1. The third-order valence-electron chi connectivity index (χ3n) is 2.45. The molecular weight excluding hydrogens is 182 g/mol. The average Bonchev–Trinajstić information content (AvgIpc) is 2.70. The average molecular weight is 195 g/mol. The Hall–Kier alpha value is -0.900. The van der Waals surface area contributed by atoms with E-state index in [0.717, 1.165) is 4.88 Å². The Balaban J connectivity index is 2.12. The Bertz CT molecular complexity index is 300. The van der Waals surface area contributed by atoms with Crippen LogP contribution in [-0.4, -0.2) is 11.2 Å². The molecule has 0 amide bonds. The number of hydrogen-bond acceptors (Lipinski definition) is 4. The molecule has 0 bridgehead atoms. The Kier molecular flexibility index (Phi) is 2.59. The normalized spacial score (nSPS) is 18.8. The predicted molar refractivity (Wildman–Crippen MR) is 55.1 cm³/mol. The van der Waals surface area contributed by atoms with E-state index < -0.39 is 0 Å². The summed E-state index contributed by atoms with van der Waals surface area (Å²) < 4.78 is 0. The lowest BCUT2D eigenvalue weighted by Crippen LogP contribution is -1.88. The summed E-state index contributed by atoms with van der Waals surface area (Å²) in [6.07, 6.45) is 8.82. The van der Waals surface area contributed by atoms with Crippen molar-refractivity contribution >= 4 is 17.6 Å². The molecule has 0 unspecified atom stereocenters. The van der Waals surface area contributed by atoms with E-state index in [-0.39, 0.29) is 0 Å². The molecule has 1 aliphatic carbocycles. The summed E-state index contributed by atoms with van der Waals surface area (Å²) in [5, 5.41) is 4.75. The summed E-state index contributed by atoms with van der Waals surface area (Å²) >= 11 is 1.71. The quantitative estimate of drug-likeness (QED) is 0.446. The first-order chi connectivity index (χ1) is 6.40. The maximum atomic E-state index is 5.07. The molecule has 0 radical (unpaired) electrons. The smallest absolute Gasteiger partial charge is 0.0962 e. The third-order valence-corrected chi connectivity index (χ3v) is 3.54. The first-order valence-corrected chi connectivity index (χ1v) is 5.41. The van der Waals surface area contributed by atoms with Crippen LogP contribution in [0.4, 0.5) is 0 Å². The Morgan fingerprint density at radius 3 is 3.00 bits per heavy atom. The summed E-state index contributed by atoms with van der Waals surface area (Å²) in [5.41, 5.74) is 0. The minimum absolute atomic E-state index is 0.699. The van der Waals surface area contributed by atoms with Gasteiger partial charge in [0.05, 0.1) is 16.1 Å². The van der Waals surface area contributed by atoms with Crippen LogP contribution < -0.4 is 5.84 Å². The minimum Gasteiger partial charge on any atom is -0.323 e. The molecule has 0 aliphatic heterocycles. The summed E-state index contributed by atoms with van der Waals surface area (Å²) in [7, 11) is 0. The van der Waals surface area contributed by atoms with Crippen LogP contribution in [0.5, 0.6) is 0 Å². The van der Waals surface area contributed by atoms with Gasteiger partial charge in [-0.15, -0.1) is 11.3 Å². The van der Waals surface area contributed by atoms with Gasteiger partial charge in [-0.05, 0) is 12.8 Å². The van der Waals surface area contributed by atoms with Crippen LogP contribution in [-0.2, 0) is 0 Å². The monoisotopic (exact) mass is 195 g/mol. The molecule has 70 valence electrons. The number of thiazole rings is 1. The lowest BCUT2D eigenvalue weighted by atomic mass is 10.1. The van der Waals surface area contributed by atoms with Crippen LogP contribution in [0.25, 0.3) is 0 Å². The maximum absolute atomic E-state index is 5.07. The van der Waals surface area contributed by atoms with Crippen molar-refractivity contribution in [2.75, 3.05) is 0 Å². The highest BCUT2D eigenvalue weighted by Gasteiger charge is 2.19. The topological polar surface area (TPSA) is 51.3 Å². The number of rotatable bonds is 2. The maximum Gasteiger partial charge on any atom is 0.0962 e. The van der Waals surface area contributed by atoms with Crippen molar-refractivity contribution in [3.63, 3.8) is 0 Å². The zero-order valence-corrected chi connectivity index (χ0v) is 8.26. The zero-order valence-electron chi connectivity index (χ0n) is 7.44. The van der Waals surface area contributed by atoms with Crippen molar-refractivity contribution < 1.29 is 0 Å². The van der Waals surface area contributed by atoms with Crippen LogP contribution >= 0.6 is 11.3 Å². The molecule has 3 nitrogen and oxygen atoms in total. The van der Waals surface area contributed by atoms with Gasteiger partial charge in [-0.25, -0.2) is 4.98 Å². The van der Waals surface area contributed by atoms with Gasteiger partial charge in [-0.1, -0.05) is 12.8 Å². The third kappa shape index (κ3) is 1.88. The second kappa shape index (κ2) is 3.87. The van der Waals surface area contributed by atoms with Crippen LogP contribution in [0.3, 0.4) is 0 Å². The molecule has 1 heterocycles. The van der Waals surface area contributed by atoms with E-state index in [2.05, 4.69) is 10.1 Å². The molecule has 2 N–H and O–H groups in total. The van der Waals surface area contributed by atoms with E-state index >= 15 is 0 Å². The fourth-order valence-electron chi connectivity index (χ4n) is 1.80. The van der Waals surface area contributed by atoms with Gasteiger partial charge in [0.1, 0.15) is 0 Å². The zero-order chi connectivity index (χ0) is 9.10. The highest BCUT2D eigenvalue weighted by atomic mass is 32.1. The van der Waals surface area contributed by atoms with Gasteiger partial charge >= 0.3 is 0 Å². The van der Waals surface area contributed by atoms with Crippen LogP contribution in [0, 0.1) is 0 Å². The molecule has 2 rings (SSSR count). The number of nitrogens with zero attached hydrogens (tertiary/aromatic N) is 2. The minimum atomic E-state index is 0.699. The van der Waals surface area contributed by atoms with Gasteiger partial charge in [0.25, 0.3) is 0 Å². The van der Waals surface area contributed by atoms with E-state index in [9.17, 15) is 0 Å². The predicted octanol–water partition coefficient (Wildman–Crippen LogP) is 2.09. The highest BCUT2D eigenvalue weighted by molar-refractivity contribution is 7.13. The molecule has 1 fully saturated rings. The summed E-state index contributed by atoms with van der Waals surface area (Å²) in [6, 6.07) is 0. The lowest BCUT2D eigenvalue weighted by molar-refractivity contribution is 0.716. The largest absolute Gasteiger partial charge is 0.323 e. The van der Waals surface area contributed by atoms with Gasteiger partial charge in [-0.3, -0.25) is 0 Å². The molecule has 0 aromatic carbocycles. The molecule has 0 atom stereocenters. The van der Waals surface area contributed by atoms with E-state index in [0.29, 0.717) is 5.92 Å². The van der Waals surface area contributed by atoms with Crippen LogP contribution in [0.2, 0.25) is 0 Å². The van der Waals surface area contributed by atoms with Crippen molar-refractivity contribution in [1.82, 2.24) is 4.98 Å². The molecular formula is C9H13N3S. The van der Waals surface area contributed by atoms with Gasteiger partial charge in [0.15, 0.2) is 0 Å². The van der Waals surface area contributed by atoms with Gasteiger partial charge in [0.2, 0.25) is 0 Å². The van der Waals surface area contributed by atoms with Crippen molar-refractivity contribution in [3.8, 4) is 0 Å². The number of hydrogen-bond donors (Lipinski definition) is 1. The SMILES string of the molecule is N/N=C/c1cnc(C2CCCC2)s1. The van der Waals surface area contributed by atoms with Crippen molar-refractivity contribution in [1.29, 1.82) is 0 Å². The first-order valence-electron chi connectivity index (χ1n) is 4.59. The van der Waals surface area contributed by atoms with E-state index in [1.165, 1.54) is 30.7 Å². The summed E-state index contributed by atoms with van der Waals surface area (Å²) in [4.78, 5) is 5.45. The van der Waals surface area contributed by atoms with Crippen LogP contribution in [0.15, 0.2) is 11.3 Å². The Labute approximate surface area is 81.7 Å². The van der Waals surface area contributed by atoms with E-state index in [4.69, 9.17) is 5.84 Å². The first kappa shape index (κ1) is 8.69. The molecule has 13 heavy (non-hydrogen) atoms. The summed E-state index contributed by atoms with van der Waals surface area (Å²) in [5.74, 6) is 5.77. The van der Waals surface area contributed by atoms with E-state index in [1.807, 2.05) is 6.20 Å². The van der Waals surface area contributed by atoms with Crippen molar-refractivity contribution in [2.24, 2.45) is 10.9 Å². The number of hydrazone groups is 1. The summed E-state index contributed by atoms with van der Waals surface area (Å²) in [6.45, 7) is 0. The molecule has 4 heteroatoms. The molecule has 1 aromatic rings. The van der Waals surface area contributed by atoms with Crippen molar-refractivity contribution in [2.45, 2.75) is 31.6 Å². The second-order valence-electron chi connectivity index (χ2n) is 3.36. The van der Waals surface area contributed by atoms with Gasteiger partial charge in [-0.2, -0.15) is 5.10 Å². The Morgan fingerprint density at radius 1 is 1.54 bits per heavy atom. The van der Waals surface area contributed by atoms with E-state index in [1.54, 1.807) is 17.6 Å². The lowest BCUT2D eigenvalue weighted by Gasteiger charge is -2.01. The van der Waals surface area contributed by atoms with Crippen LogP contribution in [0.1, 0.15) is 41.5 Å². The van der Waals surface area contributed by atoms with Gasteiger partial charge in [0, 0.05) is 12.1 Å². The fraction of sp³-hybridized carbons (Fsp3) is 0.556. The molecule has 0 spiro atoms. The standard InChI is InChI=1S/C9H13N3S/c10-12-6-8-5-11-9(13-8)7-3-1-2-4-7/h5-7H,1-4,10H2/b12-6+. The second-order valence-corrected chi connectivity index (χ2v) is 4.45. The molecule has 1 saturated carbocycles. The molecule has 1 aromatic heterocycles. The van der Waals surface area contributed by atoms with Crippen molar-refractivity contribution in [3.05, 3.63) is 16.1 Å². The molecule has 1 aliphatic rings. The fourth-order valence-corrected chi connectivity index (χ4v) is 2.76. The Morgan fingerprint density at radius 2 is 2.31 bits per heavy atom. The highest BCUT2D eigenvalue weighted by Crippen LogP contribution is 2.35.